The number of hydrogen-bond acceptors (Lipinski definition) is 6. The smallest absolute Gasteiger partial charge is 0.307 e. The van der Waals surface area contributed by atoms with Crippen molar-refractivity contribution in [2.45, 2.75) is 38.1 Å². The number of likely N-dealkylation sites (tertiary alicyclic amines) is 1. The number of piperidine rings is 1. The molecule has 1 atom stereocenters. The number of amides is 1. The first-order chi connectivity index (χ1) is 10.2. The molecule has 2 N–H and O–H groups in total. The van der Waals surface area contributed by atoms with Crippen LogP contribution in [-0.2, 0) is 16.0 Å². The van der Waals surface area contributed by atoms with Crippen molar-refractivity contribution in [3.63, 3.8) is 0 Å². The van der Waals surface area contributed by atoms with Crippen LogP contribution in [0.5, 0.6) is 0 Å². The minimum atomic E-state index is -0.276. The Balaban J connectivity index is 2.08. The van der Waals surface area contributed by atoms with Gasteiger partial charge in [0, 0.05) is 24.4 Å². The highest BCUT2D eigenvalue weighted by Crippen LogP contribution is 2.23. The number of ether oxygens (including phenoxy) is 1. The van der Waals surface area contributed by atoms with Crippen LogP contribution in [0.15, 0.2) is 5.38 Å². The predicted molar refractivity (Wildman–Crippen MR) is 80.2 cm³/mol. The van der Waals surface area contributed by atoms with Crippen molar-refractivity contribution < 1.29 is 14.3 Å². The van der Waals surface area contributed by atoms with Gasteiger partial charge in [-0.2, -0.15) is 0 Å². The molecule has 0 radical (unpaired) electrons. The van der Waals surface area contributed by atoms with Gasteiger partial charge in [-0.15, -0.1) is 11.3 Å². The lowest BCUT2D eigenvalue weighted by molar-refractivity contribution is -0.142. The highest BCUT2D eigenvalue weighted by atomic mass is 32.1. The predicted octanol–water partition coefficient (Wildman–Crippen LogP) is 1.20. The Hall–Kier alpha value is -1.47. The van der Waals surface area contributed by atoms with E-state index in [0.29, 0.717) is 25.2 Å². The van der Waals surface area contributed by atoms with Crippen molar-refractivity contribution in [2.75, 3.05) is 20.2 Å². The van der Waals surface area contributed by atoms with Crippen LogP contribution in [0.25, 0.3) is 0 Å². The maximum atomic E-state index is 12.6. The van der Waals surface area contributed by atoms with Crippen LogP contribution in [-0.4, -0.2) is 48.0 Å². The number of aromatic nitrogens is 1. The summed E-state index contributed by atoms with van der Waals surface area (Å²) in [6.07, 6.45) is 3.76. The number of methoxy groups -OCH3 is 1. The Morgan fingerprint density at radius 2 is 2.33 bits per heavy atom. The normalized spacial score (nSPS) is 18.6. The molecule has 2 heterocycles. The number of rotatable bonds is 5. The van der Waals surface area contributed by atoms with Crippen LogP contribution in [0, 0.1) is 0 Å². The minimum absolute atomic E-state index is 0.0849. The standard InChI is InChI=1S/C14H21N3O3S/c1-20-13(18)8-10-4-2-3-7-17(10)14(19)11-9-21-12(16-11)5-6-15/h9-10H,2-8,15H2,1H3. The third-order valence-electron chi connectivity index (χ3n) is 3.65. The van der Waals surface area contributed by atoms with Gasteiger partial charge in [-0.3, -0.25) is 9.59 Å². The molecule has 1 aromatic rings. The van der Waals surface area contributed by atoms with Gasteiger partial charge in [0.25, 0.3) is 5.91 Å². The van der Waals surface area contributed by atoms with Crippen molar-refractivity contribution >= 4 is 23.2 Å². The van der Waals surface area contributed by atoms with Gasteiger partial charge in [-0.05, 0) is 25.8 Å². The average Bonchev–Trinajstić information content (AvgIpc) is 2.96. The van der Waals surface area contributed by atoms with Gasteiger partial charge in [0.05, 0.1) is 18.5 Å². The van der Waals surface area contributed by atoms with Gasteiger partial charge >= 0.3 is 5.97 Å². The third kappa shape index (κ3) is 4.01. The Kier molecular flexibility index (Phi) is 5.69. The molecule has 1 amide bonds. The van der Waals surface area contributed by atoms with E-state index >= 15 is 0 Å². The van der Waals surface area contributed by atoms with E-state index in [4.69, 9.17) is 10.5 Å². The molecule has 21 heavy (non-hydrogen) atoms. The molecule has 7 heteroatoms. The molecule has 0 bridgehead atoms. The van der Waals surface area contributed by atoms with E-state index in [1.54, 1.807) is 10.3 Å². The lowest BCUT2D eigenvalue weighted by Gasteiger charge is -2.34. The lowest BCUT2D eigenvalue weighted by Crippen LogP contribution is -2.45. The van der Waals surface area contributed by atoms with E-state index < -0.39 is 0 Å². The van der Waals surface area contributed by atoms with E-state index in [0.717, 1.165) is 24.3 Å². The second-order valence-corrected chi connectivity index (χ2v) is 6.04. The second-order valence-electron chi connectivity index (χ2n) is 5.09. The fourth-order valence-corrected chi connectivity index (χ4v) is 3.34. The van der Waals surface area contributed by atoms with Crippen LogP contribution in [0.1, 0.15) is 41.2 Å². The van der Waals surface area contributed by atoms with E-state index in [1.807, 2.05) is 0 Å². The van der Waals surface area contributed by atoms with E-state index in [9.17, 15) is 9.59 Å². The number of thiazole rings is 1. The molecule has 1 unspecified atom stereocenters. The maximum Gasteiger partial charge on any atom is 0.307 e. The second kappa shape index (κ2) is 7.51. The first-order valence-electron chi connectivity index (χ1n) is 7.18. The molecule has 1 saturated heterocycles. The Bertz CT molecular complexity index is 503. The van der Waals surface area contributed by atoms with Crippen LogP contribution >= 0.6 is 11.3 Å². The van der Waals surface area contributed by atoms with Crippen LogP contribution in [0.2, 0.25) is 0 Å². The molecule has 1 fully saturated rings. The van der Waals surface area contributed by atoms with Crippen LogP contribution in [0.4, 0.5) is 0 Å². The number of hydrogen-bond donors (Lipinski definition) is 1. The van der Waals surface area contributed by atoms with E-state index in [2.05, 4.69) is 4.98 Å². The maximum absolute atomic E-state index is 12.6. The van der Waals surface area contributed by atoms with E-state index in [1.165, 1.54) is 18.4 Å². The van der Waals surface area contributed by atoms with Crippen molar-refractivity contribution in [1.29, 1.82) is 0 Å². The quantitative estimate of drug-likeness (QED) is 0.826. The summed E-state index contributed by atoms with van der Waals surface area (Å²) < 4.78 is 4.72. The molecule has 0 saturated carbocycles. The topological polar surface area (TPSA) is 85.5 Å². The third-order valence-corrected chi connectivity index (χ3v) is 4.56. The van der Waals surface area contributed by atoms with Crippen molar-refractivity contribution in [3.8, 4) is 0 Å². The molecule has 0 aliphatic carbocycles. The van der Waals surface area contributed by atoms with Gasteiger partial charge in [-0.1, -0.05) is 0 Å². The number of carbonyl (C=O) groups excluding carboxylic acids is 2. The Morgan fingerprint density at radius 1 is 1.52 bits per heavy atom. The largest absolute Gasteiger partial charge is 0.469 e. The molecular formula is C14H21N3O3S. The number of nitrogens with zero attached hydrogens (tertiary/aromatic N) is 2. The summed E-state index contributed by atoms with van der Waals surface area (Å²) in [5.74, 6) is -0.370. The zero-order chi connectivity index (χ0) is 15.2. The van der Waals surface area contributed by atoms with Gasteiger partial charge in [0.15, 0.2) is 0 Å². The van der Waals surface area contributed by atoms with Crippen molar-refractivity contribution in [1.82, 2.24) is 9.88 Å². The average molecular weight is 311 g/mol. The summed E-state index contributed by atoms with van der Waals surface area (Å²) in [6, 6.07) is -0.0849. The van der Waals surface area contributed by atoms with Crippen molar-refractivity contribution in [3.05, 3.63) is 16.1 Å². The lowest BCUT2D eigenvalue weighted by atomic mass is 9.99. The van der Waals surface area contributed by atoms with Crippen LogP contribution < -0.4 is 5.73 Å². The fraction of sp³-hybridized carbons (Fsp3) is 0.643. The number of carbonyl (C=O) groups is 2. The summed E-state index contributed by atoms with van der Waals surface area (Å²) in [5.41, 5.74) is 5.96. The molecule has 0 spiro atoms. The van der Waals surface area contributed by atoms with Crippen LogP contribution in [0.3, 0.4) is 0 Å². The number of esters is 1. The first-order valence-corrected chi connectivity index (χ1v) is 8.06. The Morgan fingerprint density at radius 3 is 3.05 bits per heavy atom. The van der Waals surface area contributed by atoms with Gasteiger partial charge in [0.1, 0.15) is 5.69 Å². The van der Waals surface area contributed by atoms with Gasteiger partial charge < -0.3 is 15.4 Å². The molecular weight excluding hydrogens is 290 g/mol. The van der Waals surface area contributed by atoms with Crippen molar-refractivity contribution in [2.24, 2.45) is 5.73 Å². The van der Waals surface area contributed by atoms with E-state index in [-0.39, 0.29) is 24.3 Å². The molecule has 116 valence electrons. The molecule has 1 aliphatic heterocycles. The summed E-state index contributed by atoms with van der Waals surface area (Å²) >= 11 is 1.46. The highest BCUT2D eigenvalue weighted by molar-refractivity contribution is 7.09. The first kappa shape index (κ1) is 15.9. The SMILES string of the molecule is COC(=O)CC1CCCCN1C(=O)c1csc(CCN)n1. The number of nitrogens with two attached hydrogens (primary N) is 1. The monoisotopic (exact) mass is 311 g/mol. The molecule has 0 aromatic carbocycles. The van der Waals surface area contributed by atoms with Gasteiger partial charge in [0.2, 0.25) is 0 Å². The summed E-state index contributed by atoms with van der Waals surface area (Å²) in [7, 11) is 1.37. The Labute approximate surface area is 128 Å². The molecule has 2 rings (SSSR count). The zero-order valence-electron chi connectivity index (χ0n) is 12.2. The summed E-state index contributed by atoms with van der Waals surface area (Å²) in [5, 5.41) is 2.65. The highest BCUT2D eigenvalue weighted by Gasteiger charge is 2.30. The zero-order valence-corrected chi connectivity index (χ0v) is 13.0. The fourth-order valence-electron chi connectivity index (χ4n) is 2.55. The summed E-state index contributed by atoms with van der Waals surface area (Å²) in [6.45, 7) is 1.19. The van der Waals surface area contributed by atoms with Gasteiger partial charge in [-0.25, -0.2) is 4.98 Å². The summed E-state index contributed by atoms with van der Waals surface area (Å²) in [4.78, 5) is 30.2. The molecule has 1 aliphatic rings. The minimum Gasteiger partial charge on any atom is -0.469 e. The molecule has 6 nitrogen and oxygen atoms in total. The molecule has 1 aromatic heterocycles.